The van der Waals surface area contributed by atoms with Crippen molar-refractivity contribution in [3.05, 3.63) is 11.4 Å². The smallest absolute Gasteiger partial charge is 0.271 e. The van der Waals surface area contributed by atoms with Gasteiger partial charge in [0.1, 0.15) is 5.69 Å². The van der Waals surface area contributed by atoms with E-state index in [0.29, 0.717) is 23.6 Å². The van der Waals surface area contributed by atoms with Gasteiger partial charge in [0.05, 0.1) is 11.4 Å². The van der Waals surface area contributed by atoms with Crippen LogP contribution in [-0.4, -0.2) is 34.2 Å². The van der Waals surface area contributed by atoms with Gasteiger partial charge < -0.3 is 11.1 Å². The number of carbonyl (C=O) groups excluding carboxylic acids is 1. The molecule has 0 saturated heterocycles. The zero-order valence-electron chi connectivity index (χ0n) is 9.20. The first-order chi connectivity index (χ1) is 7.07. The van der Waals surface area contributed by atoms with Crippen molar-refractivity contribution < 1.29 is 4.79 Å². The predicted octanol–water partition coefficient (Wildman–Crippen LogP) is 0.404. The second-order valence-electron chi connectivity index (χ2n) is 3.22. The third-order valence-corrected chi connectivity index (χ3v) is 2.69. The molecule has 6 heteroatoms. The van der Waals surface area contributed by atoms with Crippen molar-refractivity contribution in [2.45, 2.75) is 6.92 Å². The van der Waals surface area contributed by atoms with Crippen LogP contribution in [0.5, 0.6) is 0 Å². The van der Waals surface area contributed by atoms with Crippen LogP contribution < -0.4 is 11.1 Å². The molecule has 84 valence electrons. The molecular formula is C9H16N4OS. The second-order valence-corrected chi connectivity index (χ2v) is 4.21. The quantitative estimate of drug-likeness (QED) is 0.732. The second kappa shape index (κ2) is 5.06. The van der Waals surface area contributed by atoms with Gasteiger partial charge in [-0.3, -0.25) is 9.48 Å². The molecule has 0 radical (unpaired) electrons. The number of thioether (sulfide) groups is 1. The Hall–Kier alpha value is -1.17. The molecule has 0 unspecified atom stereocenters. The highest BCUT2D eigenvalue weighted by atomic mass is 32.2. The standard InChI is InChI=1S/C9H16N4OS/c1-6-7(10)8(13(2)12-6)9(14)11-4-5-15-3/h4-5,10H2,1-3H3,(H,11,14). The zero-order valence-corrected chi connectivity index (χ0v) is 10.0. The lowest BCUT2D eigenvalue weighted by atomic mass is 10.3. The summed E-state index contributed by atoms with van der Waals surface area (Å²) in [7, 11) is 1.72. The lowest BCUT2D eigenvalue weighted by molar-refractivity contribution is 0.0948. The van der Waals surface area contributed by atoms with Gasteiger partial charge in [-0.05, 0) is 13.2 Å². The minimum Gasteiger partial charge on any atom is -0.395 e. The lowest BCUT2D eigenvalue weighted by Crippen LogP contribution is -2.28. The van der Waals surface area contributed by atoms with Gasteiger partial charge in [0.25, 0.3) is 5.91 Å². The summed E-state index contributed by atoms with van der Waals surface area (Å²) < 4.78 is 1.51. The Morgan fingerprint density at radius 1 is 1.67 bits per heavy atom. The molecule has 15 heavy (non-hydrogen) atoms. The molecule has 0 fully saturated rings. The number of hydrogen-bond acceptors (Lipinski definition) is 4. The Balaban J connectivity index is 2.73. The predicted molar refractivity (Wildman–Crippen MR) is 63.1 cm³/mol. The van der Waals surface area contributed by atoms with Crippen LogP contribution in [-0.2, 0) is 7.05 Å². The number of rotatable bonds is 4. The maximum atomic E-state index is 11.7. The summed E-state index contributed by atoms with van der Waals surface area (Å²) in [4.78, 5) is 11.7. The van der Waals surface area contributed by atoms with Gasteiger partial charge in [0, 0.05) is 19.3 Å². The van der Waals surface area contributed by atoms with Crippen molar-refractivity contribution in [3.8, 4) is 0 Å². The molecule has 0 aromatic carbocycles. The van der Waals surface area contributed by atoms with Gasteiger partial charge in [0.2, 0.25) is 0 Å². The number of nitrogens with one attached hydrogen (secondary N) is 1. The number of anilines is 1. The van der Waals surface area contributed by atoms with Crippen LogP contribution >= 0.6 is 11.8 Å². The van der Waals surface area contributed by atoms with Crippen LogP contribution in [0.4, 0.5) is 5.69 Å². The van der Waals surface area contributed by atoms with Crippen LogP contribution in [0, 0.1) is 6.92 Å². The van der Waals surface area contributed by atoms with E-state index in [0.717, 1.165) is 5.75 Å². The van der Waals surface area contributed by atoms with E-state index in [2.05, 4.69) is 10.4 Å². The van der Waals surface area contributed by atoms with Crippen molar-refractivity contribution in [2.24, 2.45) is 7.05 Å². The summed E-state index contributed by atoms with van der Waals surface area (Å²) >= 11 is 1.68. The fourth-order valence-electron chi connectivity index (χ4n) is 1.29. The summed E-state index contributed by atoms with van der Waals surface area (Å²) in [6.07, 6.45) is 1.99. The van der Waals surface area contributed by atoms with Crippen LogP contribution in [0.1, 0.15) is 16.2 Å². The number of hydrogen-bond donors (Lipinski definition) is 2. The largest absolute Gasteiger partial charge is 0.395 e. The summed E-state index contributed by atoms with van der Waals surface area (Å²) in [6.45, 7) is 2.43. The third kappa shape index (κ3) is 2.65. The van der Waals surface area contributed by atoms with Gasteiger partial charge in [-0.25, -0.2) is 0 Å². The van der Waals surface area contributed by atoms with E-state index < -0.39 is 0 Å². The molecular weight excluding hydrogens is 212 g/mol. The fourth-order valence-corrected chi connectivity index (χ4v) is 1.60. The molecule has 3 N–H and O–H groups in total. The molecule has 5 nitrogen and oxygen atoms in total. The summed E-state index contributed by atoms with van der Waals surface area (Å²) in [5, 5.41) is 6.88. The Morgan fingerprint density at radius 3 is 2.80 bits per heavy atom. The molecule has 0 aliphatic rings. The van der Waals surface area contributed by atoms with Gasteiger partial charge in [-0.2, -0.15) is 16.9 Å². The number of nitrogens with two attached hydrogens (primary N) is 1. The van der Waals surface area contributed by atoms with Crippen LogP contribution in [0.2, 0.25) is 0 Å². The van der Waals surface area contributed by atoms with E-state index in [1.165, 1.54) is 4.68 Å². The molecule has 1 aromatic heterocycles. The normalized spacial score (nSPS) is 10.3. The fraction of sp³-hybridized carbons (Fsp3) is 0.556. The third-order valence-electron chi connectivity index (χ3n) is 2.08. The first kappa shape index (κ1) is 11.9. The number of aryl methyl sites for hydroxylation is 2. The van der Waals surface area contributed by atoms with Crippen LogP contribution in [0.25, 0.3) is 0 Å². The van der Waals surface area contributed by atoms with Crippen LogP contribution in [0.15, 0.2) is 0 Å². The van der Waals surface area contributed by atoms with Gasteiger partial charge in [-0.1, -0.05) is 0 Å². The molecule has 0 saturated carbocycles. The van der Waals surface area contributed by atoms with Crippen molar-refractivity contribution >= 4 is 23.4 Å². The molecule has 1 rings (SSSR count). The average molecular weight is 228 g/mol. The Bertz CT molecular complexity index is 361. The average Bonchev–Trinajstić information content (AvgIpc) is 2.41. The molecule has 1 amide bonds. The molecule has 0 bridgehead atoms. The number of nitrogens with zero attached hydrogens (tertiary/aromatic N) is 2. The van der Waals surface area contributed by atoms with Gasteiger partial charge in [-0.15, -0.1) is 0 Å². The van der Waals surface area contributed by atoms with E-state index in [1.807, 2.05) is 6.26 Å². The monoisotopic (exact) mass is 228 g/mol. The highest BCUT2D eigenvalue weighted by Crippen LogP contribution is 2.14. The Morgan fingerprint density at radius 2 is 2.33 bits per heavy atom. The molecule has 0 atom stereocenters. The summed E-state index contributed by atoms with van der Waals surface area (Å²) in [5.41, 5.74) is 7.34. The first-order valence-corrected chi connectivity index (χ1v) is 6.03. The summed E-state index contributed by atoms with van der Waals surface area (Å²) in [5.74, 6) is 0.729. The van der Waals surface area contributed by atoms with E-state index in [-0.39, 0.29) is 5.91 Å². The Kier molecular flexibility index (Phi) is 4.02. The molecule has 0 aliphatic carbocycles. The SMILES string of the molecule is CSCCNC(=O)c1c(N)c(C)nn1C. The first-order valence-electron chi connectivity index (χ1n) is 4.64. The molecule has 0 spiro atoms. The molecule has 1 heterocycles. The summed E-state index contributed by atoms with van der Waals surface area (Å²) in [6, 6.07) is 0. The minimum absolute atomic E-state index is 0.162. The number of amides is 1. The number of nitrogen functional groups attached to an aromatic ring is 1. The van der Waals surface area contributed by atoms with Crippen LogP contribution in [0.3, 0.4) is 0 Å². The zero-order chi connectivity index (χ0) is 11.4. The number of carbonyl (C=O) groups is 1. The van der Waals surface area contributed by atoms with E-state index in [1.54, 1.807) is 25.7 Å². The molecule has 0 aliphatic heterocycles. The van der Waals surface area contributed by atoms with Crippen molar-refractivity contribution in [3.63, 3.8) is 0 Å². The Labute approximate surface area is 93.4 Å². The number of aromatic nitrogens is 2. The maximum Gasteiger partial charge on any atom is 0.271 e. The molecule has 1 aromatic rings. The van der Waals surface area contributed by atoms with Crippen molar-refractivity contribution in [2.75, 3.05) is 24.3 Å². The van der Waals surface area contributed by atoms with Gasteiger partial charge in [0.15, 0.2) is 0 Å². The lowest BCUT2D eigenvalue weighted by Gasteiger charge is -2.04. The van der Waals surface area contributed by atoms with E-state index in [4.69, 9.17) is 5.73 Å². The minimum atomic E-state index is -0.162. The van der Waals surface area contributed by atoms with Crippen molar-refractivity contribution in [1.82, 2.24) is 15.1 Å². The highest BCUT2D eigenvalue weighted by molar-refractivity contribution is 7.98. The van der Waals surface area contributed by atoms with E-state index in [9.17, 15) is 4.79 Å². The van der Waals surface area contributed by atoms with Gasteiger partial charge >= 0.3 is 0 Å². The highest BCUT2D eigenvalue weighted by Gasteiger charge is 2.16. The topological polar surface area (TPSA) is 72.9 Å². The van der Waals surface area contributed by atoms with Crippen molar-refractivity contribution in [1.29, 1.82) is 0 Å². The van der Waals surface area contributed by atoms with E-state index >= 15 is 0 Å². The maximum absolute atomic E-state index is 11.7.